The van der Waals surface area contributed by atoms with Crippen LogP contribution in [-0.4, -0.2) is 20.6 Å². The molecule has 0 bridgehead atoms. The van der Waals surface area contributed by atoms with Gasteiger partial charge in [0.05, 0.1) is 20.7 Å². The van der Waals surface area contributed by atoms with Crippen LogP contribution in [0.15, 0.2) is 36.4 Å². The molecule has 0 aliphatic rings. The third kappa shape index (κ3) is 4.40. The Bertz CT molecular complexity index is 1200. The maximum Gasteiger partial charge on any atom is 0.294 e. The van der Waals surface area contributed by atoms with Crippen molar-refractivity contribution in [1.29, 1.82) is 0 Å². The number of rotatable bonds is 4. The first-order chi connectivity index (χ1) is 14.4. The minimum atomic E-state index is -0.709. The highest BCUT2D eigenvalue weighted by Gasteiger charge is 2.30. The summed E-state index contributed by atoms with van der Waals surface area (Å²) in [5.74, 6) is -1.26. The number of nitro groups is 1. The molecule has 0 atom stereocenters. The molecule has 1 heterocycles. The van der Waals surface area contributed by atoms with Crippen molar-refractivity contribution in [1.82, 2.24) is 9.78 Å². The minimum Gasteiger partial charge on any atom is -0.314 e. The Labute approximate surface area is 187 Å². The van der Waals surface area contributed by atoms with Gasteiger partial charge in [0.1, 0.15) is 17.2 Å². The van der Waals surface area contributed by atoms with Crippen molar-refractivity contribution in [3.05, 3.63) is 73.8 Å². The number of nitrogens with zero attached hydrogens (tertiary/aromatic N) is 3. The van der Waals surface area contributed by atoms with Crippen molar-refractivity contribution >= 4 is 40.5 Å². The van der Waals surface area contributed by atoms with E-state index in [-0.39, 0.29) is 32.6 Å². The van der Waals surface area contributed by atoms with Crippen molar-refractivity contribution in [3.8, 4) is 11.1 Å². The summed E-state index contributed by atoms with van der Waals surface area (Å²) in [6.45, 7) is 5.68. The highest BCUT2D eigenvalue weighted by Crippen LogP contribution is 2.39. The summed E-state index contributed by atoms with van der Waals surface area (Å²) in [6.07, 6.45) is 0. The quantitative estimate of drug-likeness (QED) is 0.379. The summed E-state index contributed by atoms with van der Waals surface area (Å²) in [6, 6.07) is 8.34. The molecule has 1 N–H and O–H groups in total. The van der Waals surface area contributed by atoms with Crippen molar-refractivity contribution in [2.75, 3.05) is 5.32 Å². The molecular weight excluding hydrogens is 446 g/mol. The van der Waals surface area contributed by atoms with Crippen LogP contribution in [0.5, 0.6) is 0 Å². The number of amides is 1. The van der Waals surface area contributed by atoms with E-state index in [2.05, 4.69) is 10.4 Å². The fourth-order valence-corrected chi connectivity index (χ4v) is 3.90. The summed E-state index contributed by atoms with van der Waals surface area (Å²) in [5.41, 5.74) is -0.207. The van der Waals surface area contributed by atoms with Crippen molar-refractivity contribution in [2.24, 2.45) is 7.05 Å². The Balaban J connectivity index is 2.07. The Kier molecular flexibility index (Phi) is 6.07. The molecule has 7 nitrogen and oxygen atoms in total. The molecule has 0 saturated carbocycles. The van der Waals surface area contributed by atoms with Gasteiger partial charge < -0.3 is 5.32 Å². The van der Waals surface area contributed by atoms with E-state index in [9.17, 15) is 19.3 Å². The average Bonchev–Trinajstić information content (AvgIpc) is 2.98. The second-order valence-electron chi connectivity index (χ2n) is 7.93. The summed E-state index contributed by atoms with van der Waals surface area (Å²) in [4.78, 5) is 23.9. The molecule has 3 aromatic rings. The molecule has 0 unspecified atom stereocenters. The van der Waals surface area contributed by atoms with E-state index >= 15 is 0 Å². The number of nitro benzene ring substituents is 1. The number of benzene rings is 2. The van der Waals surface area contributed by atoms with Gasteiger partial charge in [-0.25, -0.2) is 4.39 Å². The zero-order valence-corrected chi connectivity index (χ0v) is 18.7. The topological polar surface area (TPSA) is 90.1 Å². The Hall–Kier alpha value is -2.97. The zero-order chi connectivity index (χ0) is 23.1. The molecule has 1 aromatic heterocycles. The maximum atomic E-state index is 14.2. The van der Waals surface area contributed by atoms with Gasteiger partial charge in [-0.15, -0.1) is 0 Å². The molecule has 2 aromatic carbocycles. The molecule has 0 aliphatic heterocycles. The molecule has 31 heavy (non-hydrogen) atoms. The van der Waals surface area contributed by atoms with Gasteiger partial charge in [-0.2, -0.15) is 5.10 Å². The summed E-state index contributed by atoms with van der Waals surface area (Å²) in [7, 11) is 1.55. The lowest BCUT2D eigenvalue weighted by molar-refractivity contribution is -0.383. The van der Waals surface area contributed by atoms with Crippen LogP contribution in [0.3, 0.4) is 0 Å². The van der Waals surface area contributed by atoms with Crippen LogP contribution in [0.4, 0.5) is 15.8 Å². The number of hydrogen-bond donors (Lipinski definition) is 1. The zero-order valence-electron chi connectivity index (χ0n) is 17.2. The summed E-state index contributed by atoms with van der Waals surface area (Å²) in [5, 5.41) is 18.5. The van der Waals surface area contributed by atoms with Crippen LogP contribution in [0.1, 0.15) is 37.0 Å². The molecule has 162 valence electrons. The van der Waals surface area contributed by atoms with Gasteiger partial charge in [0, 0.05) is 24.1 Å². The highest BCUT2D eigenvalue weighted by molar-refractivity contribution is 6.36. The number of hydrogen-bond acceptors (Lipinski definition) is 4. The van der Waals surface area contributed by atoms with Gasteiger partial charge in [-0.3, -0.25) is 19.6 Å². The molecule has 0 aliphatic carbocycles. The maximum absolute atomic E-state index is 14.2. The number of anilines is 1. The van der Waals surface area contributed by atoms with Crippen molar-refractivity contribution in [2.45, 2.75) is 26.2 Å². The second-order valence-corrected chi connectivity index (χ2v) is 8.71. The first kappa shape index (κ1) is 22.7. The lowest BCUT2D eigenvalue weighted by Gasteiger charge is -2.15. The van der Waals surface area contributed by atoms with Gasteiger partial charge in [-0.1, -0.05) is 62.2 Å². The number of aryl methyl sites for hydroxylation is 1. The smallest absolute Gasteiger partial charge is 0.294 e. The highest BCUT2D eigenvalue weighted by atomic mass is 35.5. The Morgan fingerprint density at radius 2 is 1.87 bits per heavy atom. The fourth-order valence-electron chi connectivity index (χ4n) is 3.11. The first-order valence-corrected chi connectivity index (χ1v) is 9.94. The van der Waals surface area contributed by atoms with Gasteiger partial charge in [0.15, 0.2) is 0 Å². The van der Waals surface area contributed by atoms with E-state index in [1.807, 2.05) is 20.8 Å². The van der Waals surface area contributed by atoms with Crippen LogP contribution in [-0.2, 0) is 12.5 Å². The SMILES string of the molecule is Cn1nc(C(C)(C)C)c(Cl)c1C(=O)Nc1c(Cl)cc(-c2ccccc2F)cc1[N+](=O)[O-]. The fraction of sp³-hybridized carbons (Fsp3) is 0.238. The van der Waals surface area contributed by atoms with Crippen LogP contribution in [0.2, 0.25) is 10.0 Å². The van der Waals surface area contributed by atoms with Crippen LogP contribution < -0.4 is 5.32 Å². The number of carbonyl (C=O) groups excluding carboxylic acids is 1. The molecule has 0 fully saturated rings. The number of halogens is 3. The van der Waals surface area contributed by atoms with Gasteiger partial charge in [0.25, 0.3) is 11.6 Å². The normalized spacial score (nSPS) is 11.5. The predicted octanol–water partition coefficient (Wildman–Crippen LogP) is 5.99. The minimum absolute atomic E-state index is 0.0372. The lowest BCUT2D eigenvalue weighted by atomic mass is 9.92. The van der Waals surface area contributed by atoms with E-state index in [1.54, 1.807) is 13.1 Å². The van der Waals surface area contributed by atoms with Gasteiger partial charge in [0.2, 0.25) is 0 Å². The van der Waals surface area contributed by atoms with E-state index in [0.717, 1.165) is 6.07 Å². The summed E-state index contributed by atoms with van der Waals surface area (Å²) >= 11 is 12.7. The number of nitrogens with one attached hydrogen (secondary N) is 1. The largest absolute Gasteiger partial charge is 0.314 e. The van der Waals surface area contributed by atoms with Crippen LogP contribution in [0.25, 0.3) is 11.1 Å². The van der Waals surface area contributed by atoms with E-state index in [4.69, 9.17) is 23.2 Å². The first-order valence-electron chi connectivity index (χ1n) is 9.19. The number of aromatic nitrogens is 2. The molecule has 10 heteroatoms. The van der Waals surface area contributed by atoms with Crippen LogP contribution >= 0.6 is 23.2 Å². The monoisotopic (exact) mass is 464 g/mol. The van der Waals surface area contributed by atoms with E-state index in [1.165, 1.54) is 28.9 Å². The summed E-state index contributed by atoms with van der Waals surface area (Å²) < 4.78 is 15.5. The standard InChI is InChI=1S/C21H19Cl2FN4O3/c1-21(2,3)19-16(23)18(27(4)26-19)20(29)25-17-13(22)9-11(10-15(17)28(30)31)12-7-5-6-8-14(12)24/h5-10H,1-4H3,(H,25,29). The third-order valence-electron chi connectivity index (χ3n) is 4.60. The molecule has 1 amide bonds. The van der Waals surface area contributed by atoms with Crippen molar-refractivity contribution < 1.29 is 14.1 Å². The molecular formula is C21H19Cl2FN4O3. The third-order valence-corrected chi connectivity index (χ3v) is 5.26. The van der Waals surface area contributed by atoms with E-state index in [0.29, 0.717) is 5.69 Å². The lowest BCUT2D eigenvalue weighted by Crippen LogP contribution is -2.17. The average molecular weight is 465 g/mol. The Morgan fingerprint density at radius 1 is 1.23 bits per heavy atom. The van der Waals surface area contributed by atoms with Gasteiger partial charge >= 0.3 is 0 Å². The molecule has 3 rings (SSSR count). The predicted molar refractivity (Wildman–Crippen MR) is 118 cm³/mol. The molecule has 0 saturated heterocycles. The van der Waals surface area contributed by atoms with E-state index < -0.39 is 27.8 Å². The van der Waals surface area contributed by atoms with Gasteiger partial charge in [-0.05, 0) is 17.7 Å². The number of carbonyl (C=O) groups is 1. The molecule has 0 radical (unpaired) electrons. The second kappa shape index (κ2) is 8.28. The Morgan fingerprint density at radius 3 is 2.42 bits per heavy atom. The van der Waals surface area contributed by atoms with Crippen molar-refractivity contribution in [3.63, 3.8) is 0 Å². The molecule has 0 spiro atoms. The van der Waals surface area contributed by atoms with Crippen LogP contribution in [0, 0.1) is 15.9 Å².